The lowest BCUT2D eigenvalue weighted by atomic mass is 10.0. The molecule has 0 aliphatic heterocycles. The van der Waals surface area contributed by atoms with E-state index in [9.17, 15) is 9.59 Å². The first-order valence-corrected chi connectivity index (χ1v) is 5.40. The quantitative estimate of drug-likeness (QED) is 0.763. The highest BCUT2D eigenvalue weighted by Gasteiger charge is 2.10. The van der Waals surface area contributed by atoms with Crippen molar-refractivity contribution < 1.29 is 14.7 Å². The first-order valence-electron chi connectivity index (χ1n) is 5.40. The highest BCUT2D eigenvalue weighted by Crippen LogP contribution is 2.15. The van der Waals surface area contributed by atoms with Gasteiger partial charge in [-0.05, 0) is 12.0 Å². The largest absolute Gasteiger partial charge is 0.478 e. The van der Waals surface area contributed by atoms with Gasteiger partial charge in [0.2, 0.25) is 5.91 Å². The van der Waals surface area contributed by atoms with Gasteiger partial charge in [0, 0.05) is 12.2 Å². The van der Waals surface area contributed by atoms with Gasteiger partial charge in [-0.1, -0.05) is 37.3 Å². The van der Waals surface area contributed by atoms with E-state index in [4.69, 9.17) is 5.11 Å². The van der Waals surface area contributed by atoms with E-state index in [0.717, 1.165) is 24.1 Å². The molecule has 0 radical (unpaired) electrons. The van der Waals surface area contributed by atoms with Gasteiger partial charge in [-0.25, -0.2) is 4.79 Å². The lowest BCUT2D eigenvalue weighted by Crippen LogP contribution is -2.26. The van der Waals surface area contributed by atoms with Crippen LogP contribution in [0.25, 0.3) is 0 Å². The van der Waals surface area contributed by atoms with E-state index in [0.29, 0.717) is 0 Å². The molecule has 0 fully saturated rings. The first-order chi connectivity index (χ1) is 8.13. The Morgan fingerprint density at radius 2 is 1.94 bits per heavy atom. The third-order valence-corrected chi connectivity index (χ3v) is 2.30. The number of benzene rings is 1. The van der Waals surface area contributed by atoms with E-state index >= 15 is 0 Å². The first kappa shape index (κ1) is 13.0. The molecule has 1 aromatic rings. The minimum atomic E-state index is -1.13. The number of carboxylic acid groups (broad SMARTS) is 1. The van der Waals surface area contributed by atoms with Gasteiger partial charge in [0.25, 0.3) is 0 Å². The van der Waals surface area contributed by atoms with Gasteiger partial charge in [-0.2, -0.15) is 0 Å². The molecule has 0 saturated heterocycles. The zero-order valence-corrected chi connectivity index (χ0v) is 9.59. The third-order valence-electron chi connectivity index (χ3n) is 2.30. The van der Waals surface area contributed by atoms with Crippen molar-refractivity contribution in [2.45, 2.75) is 19.4 Å². The summed E-state index contributed by atoms with van der Waals surface area (Å²) in [6, 6.07) is 9.46. The maximum Gasteiger partial charge on any atom is 0.328 e. The number of carboxylic acids is 1. The molecule has 1 aromatic carbocycles. The summed E-state index contributed by atoms with van der Waals surface area (Å²) in [5, 5.41) is 11.2. The molecular formula is C13H15NO3. The highest BCUT2D eigenvalue weighted by molar-refractivity contribution is 5.94. The number of hydrogen-bond donors (Lipinski definition) is 2. The summed E-state index contributed by atoms with van der Waals surface area (Å²) >= 11 is 0. The highest BCUT2D eigenvalue weighted by atomic mass is 16.4. The molecule has 4 nitrogen and oxygen atoms in total. The number of hydrogen-bond acceptors (Lipinski definition) is 2. The van der Waals surface area contributed by atoms with E-state index < -0.39 is 11.9 Å². The molecule has 2 N–H and O–H groups in total. The zero-order chi connectivity index (χ0) is 12.7. The van der Waals surface area contributed by atoms with Crippen LogP contribution >= 0.6 is 0 Å². The van der Waals surface area contributed by atoms with Crippen LogP contribution in [0.3, 0.4) is 0 Å². The van der Waals surface area contributed by atoms with Crippen LogP contribution in [0, 0.1) is 0 Å². The topological polar surface area (TPSA) is 66.4 Å². The minimum absolute atomic E-state index is 0.0952. The number of carbonyl (C=O) groups is 2. The lowest BCUT2D eigenvalue weighted by Gasteiger charge is -2.16. The molecule has 0 aliphatic rings. The van der Waals surface area contributed by atoms with Crippen LogP contribution in [0.5, 0.6) is 0 Å². The Balaban J connectivity index is 2.65. The van der Waals surface area contributed by atoms with Gasteiger partial charge in [0.1, 0.15) is 0 Å². The molecule has 17 heavy (non-hydrogen) atoms. The summed E-state index contributed by atoms with van der Waals surface area (Å²) in [4.78, 5) is 21.7. The molecule has 1 rings (SSSR count). The maximum atomic E-state index is 11.4. The number of nitrogens with one attached hydrogen (secondary N) is 1. The fraction of sp³-hybridized carbons (Fsp3) is 0.231. The Morgan fingerprint density at radius 3 is 2.47 bits per heavy atom. The van der Waals surface area contributed by atoms with Gasteiger partial charge in [-0.15, -0.1) is 0 Å². The van der Waals surface area contributed by atoms with Gasteiger partial charge in [0.15, 0.2) is 0 Å². The minimum Gasteiger partial charge on any atom is -0.478 e. The molecule has 1 atom stereocenters. The molecule has 0 bridgehead atoms. The van der Waals surface area contributed by atoms with Crippen LogP contribution in [0.1, 0.15) is 24.9 Å². The van der Waals surface area contributed by atoms with E-state index in [-0.39, 0.29) is 6.04 Å². The van der Waals surface area contributed by atoms with Gasteiger partial charge < -0.3 is 10.4 Å². The van der Waals surface area contributed by atoms with Crippen molar-refractivity contribution in [3.63, 3.8) is 0 Å². The Morgan fingerprint density at radius 1 is 1.29 bits per heavy atom. The Kier molecular flexibility index (Phi) is 4.94. The average Bonchev–Trinajstić information content (AvgIpc) is 2.34. The van der Waals surface area contributed by atoms with E-state index in [2.05, 4.69) is 5.32 Å². The van der Waals surface area contributed by atoms with Gasteiger partial charge >= 0.3 is 5.97 Å². The van der Waals surface area contributed by atoms with Crippen LogP contribution in [-0.4, -0.2) is 17.0 Å². The van der Waals surface area contributed by atoms with E-state index in [1.807, 2.05) is 37.3 Å². The molecule has 0 saturated carbocycles. The Bertz CT molecular complexity index is 412. The standard InChI is InChI=1S/C13H15NO3/c1-2-11(10-6-4-3-5-7-10)14-12(15)8-9-13(16)17/h3-9,11H,2H2,1H3,(H,14,15)(H,16,17). The fourth-order valence-corrected chi connectivity index (χ4v) is 1.47. The van der Waals surface area contributed by atoms with Crippen LogP contribution in [0.2, 0.25) is 0 Å². The normalized spacial score (nSPS) is 12.3. The molecule has 1 unspecified atom stereocenters. The average molecular weight is 233 g/mol. The van der Waals surface area contributed by atoms with Crippen LogP contribution in [0.4, 0.5) is 0 Å². The molecule has 0 spiro atoms. The summed E-state index contributed by atoms with van der Waals surface area (Å²) in [7, 11) is 0. The summed E-state index contributed by atoms with van der Waals surface area (Å²) in [6.45, 7) is 1.96. The van der Waals surface area contributed by atoms with Crippen molar-refractivity contribution in [3.05, 3.63) is 48.0 Å². The smallest absolute Gasteiger partial charge is 0.328 e. The second kappa shape index (κ2) is 6.48. The van der Waals surface area contributed by atoms with E-state index in [1.54, 1.807) is 0 Å². The van der Waals surface area contributed by atoms with Crippen molar-refractivity contribution in [1.82, 2.24) is 5.32 Å². The molecule has 1 amide bonds. The maximum absolute atomic E-state index is 11.4. The molecule has 90 valence electrons. The summed E-state index contributed by atoms with van der Waals surface area (Å²) in [5.74, 6) is -1.53. The lowest BCUT2D eigenvalue weighted by molar-refractivity contribution is -0.131. The van der Waals surface area contributed by atoms with Crippen molar-refractivity contribution >= 4 is 11.9 Å². The molecule has 0 aliphatic carbocycles. The Labute approximate surface area is 100.0 Å². The van der Waals surface area contributed by atoms with Gasteiger partial charge in [0.05, 0.1) is 6.04 Å². The number of carbonyl (C=O) groups excluding carboxylic acids is 1. The van der Waals surface area contributed by atoms with Crippen LogP contribution in [-0.2, 0) is 9.59 Å². The van der Waals surface area contributed by atoms with Crippen molar-refractivity contribution in [2.75, 3.05) is 0 Å². The second-order valence-corrected chi connectivity index (χ2v) is 3.55. The predicted molar refractivity (Wildman–Crippen MR) is 64.4 cm³/mol. The second-order valence-electron chi connectivity index (χ2n) is 3.55. The number of rotatable bonds is 5. The molecule has 0 heterocycles. The summed E-state index contributed by atoms with van der Waals surface area (Å²) in [5.41, 5.74) is 1.01. The van der Waals surface area contributed by atoms with Gasteiger partial charge in [-0.3, -0.25) is 4.79 Å². The van der Waals surface area contributed by atoms with Crippen LogP contribution < -0.4 is 5.32 Å². The number of amides is 1. The number of aliphatic carboxylic acids is 1. The molecular weight excluding hydrogens is 218 g/mol. The summed E-state index contributed by atoms with van der Waals surface area (Å²) < 4.78 is 0. The van der Waals surface area contributed by atoms with Crippen molar-refractivity contribution in [1.29, 1.82) is 0 Å². The third kappa shape index (κ3) is 4.51. The van der Waals surface area contributed by atoms with Crippen molar-refractivity contribution in [2.24, 2.45) is 0 Å². The SMILES string of the molecule is CCC(NC(=O)C=CC(=O)O)c1ccccc1. The Hall–Kier alpha value is -2.10. The monoisotopic (exact) mass is 233 g/mol. The van der Waals surface area contributed by atoms with E-state index in [1.165, 1.54) is 0 Å². The zero-order valence-electron chi connectivity index (χ0n) is 9.59. The fourth-order valence-electron chi connectivity index (χ4n) is 1.47. The molecule has 0 aromatic heterocycles. The van der Waals surface area contributed by atoms with Crippen LogP contribution in [0.15, 0.2) is 42.5 Å². The molecule has 4 heteroatoms. The summed E-state index contributed by atoms with van der Waals surface area (Å²) in [6.07, 6.45) is 2.59. The predicted octanol–water partition coefficient (Wildman–Crippen LogP) is 1.89. The van der Waals surface area contributed by atoms with Crippen molar-refractivity contribution in [3.8, 4) is 0 Å².